The Balaban J connectivity index is 3.55. The Kier molecular flexibility index (Phi) is 3.76. The van der Waals surface area contributed by atoms with Gasteiger partial charge < -0.3 is 0 Å². The predicted octanol–water partition coefficient (Wildman–Crippen LogP) is 3.66. The Bertz CT molecular complexity index is 93.9. The average molecular weight is 238 g/mol. The minimum absolute atomic E-state index is 0.345. The molecule has 0 rings (SSSR count). The van der Waals surface area contributed by atoms with Gasteiger partial charge in [-0.2, -0.15) is 0 Å². The largest absolute Gasteiger partial charge is 0.195 e. The summed E-state index contributed by atoms with van der Waals surface area (Å²) in [6.45, 7) is 3.50. The van der Waals surface area contributed by atoms with Gasteiger partial charge in [0.1, 0.15) is 0 Å². The molecule has 0 heterocycles. The second kappa shape index (κ2) is 3.31. The summed E-state index contributed by atoms with van der Waals surface area (Å²) < 4.78 is -0.516. The highest BCUT2D eigenvalue weighted by Gasteiger charge is 2.19. The minimum atomic E-state index is -1.21. The molecule has 0 saturated carbocycles. The topological polar surface area (TPSA) is 0 Å². The quantitative estimate of drug-likeness (QED) is 0.612. The van der Waals surface area contributed by atoms with Gasteiger partial charge in [0, 0.05) is 6.42 Å². The van der Waals surface area contributed by atoms with E-state index < -0.39 is 3.79 Å². The van der Waals surface area contributed by atoms with Crippen LogP contribution in [0.4, 0.5) is 0 Å². The third kappa shape index (κ3) is 7.09. The molecule has 8 heavy (non-hydrogen) atoms. The maximum Gasteiger partial charge on any atom is 0.195 e. The molecule has 0 aromatic heterocycles. The molecule has 0 unspecified atom stereocenters. The van der Waals surface area contributed by atoms with Crippen molar-refractivity contribution in [1.82, 2.24) is 0 Å². The average Bonchev–Trinajstić information content (AvgIpc) is 1.21. The molecule has 0 N–H and O–H groups in total. The molecule has 0 nitrogen and oxygen atoms in total. The van der Waals surface area contributed by atoms with Crippen molar-refractivity contribution < 1.29 is 0 Å². The van der Waals surface area contributed by atoms with Crippen molar-refractivity contribution in [3.8, 4) is 0 Å². The lowest BCUT2D eigenvalue weighted by Crippen LogP contribution is -1.99. The number of halogens is 4. The molecule has 0 aromatic carbocycles. The van der Waals surface area contributed by atoms with E-state index in [-0.39, 0.29) is 0 Å². The molecule has 0 saturated heterocycles. The number of allylic oxidation sites excluding steroid dienone is 1. The van der Waals surface area contributed by atoms with Crippen LogP contribution in [0.15, 0.2) is 11.1 Å². The highest BCUT2D eigenvalue weighted by Crippen LogP contribution is 2.34. The highest BCUT2D eigenvalue weighted by molar-refractivity contribution is 9.11. The first-order valence-corrected chi connectivity index (χ1v) is 3.74. The molecular formula is C4H4BrCl3. The van der Waals surface area contributed by atoms with Gasteiger partial charge in [-0.1, -0.05) is 57.3 Å². The lowest BCUT2D eigenvalue weighted by molar-refractivity contribution is 1.07. The van der Waals surface area contributed by atoms with Gasteiger partial charge in [-0.25, -0.2) is 0 Å². The monoisotopic (exact) mass is 236 g/mol. The summed E-state index contributed by atoms with van der Waals surface area (Å²) in [5.41, 5.74) is 0. The Labute approximate surface area is 71.9 Å². The zero-order valence-electron chi connectivity index (χ0n) is 3.93. The maximum absolute atomic E-state index is 5.37. The minimum Gasteiger partial charge on any atom is -0.0887 e. The smallest absolute Gasteiger partial charge is 0.0887 e. The van der Waals surface area contributed by atoms with E-state index in [4.69, 9.17) is 34.8 Å². The standard InChI is InChI=1S/C4H4BrCl3/c1-3(5)2-4(6,7)8/h1-2H2. The lowest BCUT2D eigenvalue weighted by atomic mass is 10.5. The van der Waals surface area contributed by atoms with Gasteiger partial charge in [0.15, 0.2) is 3.79 Å². The molecule has 0 atom stereocenters. The fourth-order valence-electron chi connectivity index (χ4n) is 0.217. The van der Waals surface area contributed by atoms with Crippen molar-refractivity contribution in [2.75, 3.05) is 0 Å². The maximum atomic E-state index is 5.37. The van der Waals surface area contributed by atoms with Crippen LogP contribution in [0.3, 0.4) is 0 Å². The second-order valence-electron chi connectivity index (χ2n) is 1.31. The molecule has 0 aliphatic rings. The van der Waals surface area contributed by atoms with Crippen LogP contribution >= 0.6 is 50.7 Å². The van der Waals surface area contributed by atoms with E-state index in [0.717, 1.165) is 0 Å². The van der Waals surface area contributed by atoms with Gasteiger partial charge in [-0.05, 0) is 4.48 Å². The van der Waals surface area contributed by atoms with E-state index in [1.165, 1.54) is 0 Å². The third-order valence-corrected chi connectivity index (χ3v) is 1.07. The molecule has 48 valence electrons. The van der Waals surface area contributed by atoms with E-state index in [1.54, 1.807) is 0 Å². The molecule has 0 aliphatic heterocycles. The molecule has 0 radical (unpaired) electrons. The number of alkyl halides is 3. The van der Waals surface area contributed by atoms with Crippen LogP contribution in [0.25, 0.3) is 0 Å². The molecule has 0 aromatic rings. The van der Waals surface area contributed by atoms with Crippen LogP contribution in [0.2, 0.25) is 0 Å². The molecule has 4 heteroatoms. The van der Waals surface area contributed by atoms with E-state index in [9.17, 15) is 0 Å². The summed E-state index contributed by atoms with van der Waals surface area (Å²) in [4.78, 5) is 0. The van der Waals surface area contributed by atoms with Gasteiger partial charge in [0.25, 0.3) is 0 Å². The second-order valence-corrected chi connectivity index (χ2v) is 4.95. The third-order valence-electron chi connectivity index (χ3n) is 0.392. The summed E-state index contributed by atoms with van der Waals surface area (Å²) in [6.07, 6.45) is 0.345. The van der Waals surface area contributed by atoms with Crippen molar-refractivity contribution in [2.45, 2.75) is 10.2 Å². The van der Waals surface area contributed by atoms with Gasteiger partial charge in [0.05, 0.1) is 0 Å². The van der Waals surface area contributed by atoms with Gasteiger partial charge in [0.2, 0.25) is 0 Å². The van der Waals surface area contributed by atoms with Gasteiger partial charge in [-0.3, -0.25) is 0 Å². The summed E-state index contributed by atoms with van der Waals surface area (Å²) in [5, 5.41) is 0. The fraction of sp³-hybridized carbons (Fsp3) is 0.500. The van der Waals surface area contributed by atoms with Crippen LogP contribution in [0.5, 0.6) is 0 Å². The summed E-state index contributed by atoms with van der Waals surface area (Å²) in [5.74, 6) is 0. The molecular weight excluding hydrogens is 234 g/mol. The van der Waals surface area contributed by atoms with Crippen molar-refractivity contribution in [1.29, 1.82) is 0 Å². The molecule has 0 spiro atoms. The van der Waals surface area contributed by atoms with Crippen LogP contribution in [0.1, 0.15) is 6.42 Å². The summed E-state index contributed by atoms with van der Waals surface area (Å²) in [7, 11) is 0. The molecule has 0 amide bonds. The van der Waals surface area contributed by atoms with Crippen LogP contribution in [0, 0.1) is 0 Å². The van der Waals surface area contributed by atoms with Crippen molar-refractivity contribution >= 4 is 50.7 Å². The van der Waals surface area contributed by atoms with Crippen LogP contribution in [-0.4, -0.2) is 3.79 Å². The normalized spacial score (nSPS) is 11.5. The number of hydrogen-bond donors (Lipinski definition) is 0. The van der Waals surface area contributed by atoms with Crippen molar-refractivity contribution in [2.24, 2.45) is 0 Å². The predicted molar refractivity (Wildman–Crippen MR) is 43.0 cm³/mol. The van der Waals surface area contributed by atoms with Crippen LogP contribution < -0.4 is 0 Å². The highest BCUT2D eigenvalue weighted by atomic mass is 79.9. The van der Waals surface area contributed by atoms with Crippen molar-refractivity contribution in [3.05, 3.63) is 11.1 Å². The lowest BCUT2D eigenvalue weighted by Gasteiger charge is -2.07. The van der Waals surface area contributed by atoms with E-state index >= 15 is 0 Å². The van der Waals surface area contributed by atoms with Crippen molar-refractivity contribution in [3.63, 3.8) is 0 Å². The zero-order valence-corrected chi connectivity index (χ0v) is 7.78. The SMILES string of the molecule is C=C(Br)CC(Cl)(Cl)Cl. The molecule has 0 fully saturated rings. The summed E-state index contributed by atoms with van der Waals surface area (Å²) in [6, 6.07) is 0. The van der Waals surface area contributed by atoms with E-state index in [0.29, 0.717) is 10.9 Å². The Morgan fingerprint density at radius 1 is 1.50 bits per heavy atom. The Morgan fingerprint density at radius 2 is 1.88 bits per heavy atom. The Hall–Kier alpha value is 1.09. The first-order valence-electron chi connectivity index (χ1n) is 1.82. The fourth-order valence-corrected chi connectivity index (χ4v) is 1.61. The zero-order chi connectivity index (χ0) is 6.78. The first-order chi connectivity index (χ1) is 3.42. The Morgan fingerprint density at radius 3 is 1.88 bits per heavy atom. The van der Waals surface area contributed by atoms with Gasteiger partial charge in [-0.15, -0.1) is 0 Å². The van der Waals surface area contributed by atoms with Crippen LogP contribution in [-0.2, 0) is 0 Å². The number of hydrogen-bond acceptors (Lipinski definition) is 0. The van der Waals surface area contributed by atoms with E-state index in [2.05, 4.69) is 22.5 Å². The van der Waals surface area contributed by atoms with Gasteiger partial charge >= 0.3 is 0 Å². The summed E-state index contributed by atoms with van der Waals surface area (Å²) >= 11 is 19.2. The molecule has 0 aliphatic carbocycles. The van der Waals surface area contributed by atoms with E-state index in [1.807, 2.05) is 0 Å². The molecule has 0 bridgehead atoms. The number of rotatable bonds is 1. The first kappa shape index (κ1) is 9.09.